The summed E-state index contributed by atoms with van der Waals surface area (Å²) in [6.07, 6.45) is 1.73. The fraction of sp³-hybridized carbons (Fsp3) is 0.111. The molecule has 5 heteroatoms. The van der Waals surface area contributed by atoms with Gasteiger partial charge < -0.3 is 5.32 Å². The Hall–Kier alpha value is -2.53. The Bertz CT molecular complexity index is 831. The normalized spacial score (nSPS) is 10.5. The summed E-state index contributed by atoms with van der Waals surface area (Å²) in [4.78, 5) is 16.6. The van der Waals surface area contributed by atoms with Crippen molar-refractivity contribution in [2.45, 2.75) is 13.5 Å². The Morgan fingerprint density at radius 3 is 2.91 bits per heavy atom. The number of thiophene rings is 1. The van der Waals surface area contributed by atoms with E-state index in [9.17, 15) is 9.18 Å². The highest BCUT2D eigenvalue weighted by molar-refractivity contribution is 7.08. The van der Waals surface area contributed by atoms with E-state index in [2.05, 4.69) is 10.3 Å². The number of nitrogens with zero attached hydrogens (tertiary/aromatic N) is 1. The predicted octanol–water partition coefficient (Wildman–Crippen LogP) is 4.19. The summed E-state index contributed by atoms with van der Waals surface area (Å²) < 4.78 is 13.6. The molecule has 2 heterocycles. The summed E-state index contributed by atoms with van der Waals surface area (Å²) in [5.41, 5.74) is 3.64. The van der Waals surface area contributed by atoms with Crippen LogP contribution in [0.2, 0.25) is 0 Å². The van der Waals surface area contributed by atoms with Gasteiger partial charge in [-0.25, -0.2) is 4.39 Å². The van der Waals surface area contributed by atoms with Gasteiger partial charge in [-0.05, 0) is 47.7 Å². The molecule has 0 spiro atoms. The Morgan fingerprint density at radius 2 is 2.17 bits per heavy atom. The molecule has 0 atom stereocenters. The van der Waals surface area contributed by atoms with Crippen molar-refractivity contribution in [1.82, 2.24) is 10.3 Å². The minimum Gasteiger partial charge on any atom is -0.348 e. The van der Waals surface area contributed by atoms with Gasteiger partial charge in [-0.2, -0.15) is 11.3 Å². The number of benzene rings is 1. The molecule has 3 rings (SSSR count). The number of nitrogens with one attached hydrogen (secondary N) is 1. The van der Waals surface area contributed by atoms with Crippen molar-refractivity contribution in [3.8, 4) is 11.3 Å². The van der Waals surface area contributed by atoms with Gasteiger partial charge in [-0.15, -0.1) is 0 Å². The third kappa shape index (κ3) is 3.46. The molecule has 1 amide bonds. The van der Waals surface area contributed by atoms with Gasteiger partial charge in [0.2, 0.25) is 0 Å². The predicted molar refractivity (Wildman–Crippen MR) is 89.9 cm³/mol. The topological polar surface area (TPSA) is 42.0 Å². The first-order valence-electron chi connectivity index (χ1n) is 7.16. The maximum atomic E-state index is 13.6. The summed E-state index contributed by atoms with van der Waals surface area (Å²) >= 11 is 1.60. The van der Waals surface area contributed by atoms with Crippen LogP contribution < -0.4 is 5.32 Å². The van der Waals surface area contributed by atoms with E-state index < -0.39 is 0 Å². The fourth-order valence-corrected chi connectivity index (χ4v) is 2.89. The molecule has 23 heavy (non-hydrogen) atoms. The van der Waals surface area contributed by atoms with Gasteiger partial charge in [0.05, 0.1) is 5.69 Å². The molecule has 2 aromatic heterocycles. The molecule has 0 aliphatic rings. The highest BCUT2D eigenvalue weighted by Gasteiger charge is 2.11. The zero-order valence-electron chi connectivity index (χ0n) is 12.5. The van der Waals surface area contributed by atoms with Crippen LogP contribution in [0, 0.1) is 12.7 Å². The van der Waals surface area contributed by atoms with E-state index >= 15 is 0 Å². The van der Waals surface area contributed by atoms with E-state index in [1.54, 1.807) is 36.6 Å². The Kier molecular flexibility index (Phi) is 4.48. The minimum atomic E-state index is -0.377. The zero-order valence-corrected chi connectivity index (χ0v) is 13.4. The quantitative estimate of drug-likeness (QED) is 0.781. The zero-order chi connectivity index (χ0) is 16.2. The second-order valence-electron chi connectivity index (χ2n) is 5.17. The largest absolute Gasteiger partial charge is 0.348 e. The number of carbonyl (C=O) groups is 1. The number of aryl methyl sites for hydroxylation is 1. The maximum Gasteiger partial charge on any atom is 0.251 e. The van der Waals surface area contributed by atoms with Crippen molar-refractivity contribution in [2.75, 3.05) is 0 Å². The Balaban J connectivity index is 1.76. The van der Waals surface area contributed by atoms with Crippen molar-refractivity contribution < 1.29 is 9.18 Å². The number of rotatable bonds is 4. The first-order valence-corrected chi connectivity index (χ1v) is 8.10. The molecule has 3 aromatic rings. The van der Waals surface area contributed by atoms with Crippen molar-refractivity contribution in [3.63, 3.8) is 0 Å². The van der Waals surface area contributed by atoms with E-state index in [4.69, 9.17) is 0 Å². The molecule has 0 fully saturated rings. The molecule has 1 aromatic carbocycles. The van der Waals surface area contributed by atoms with Crippen LogP contribution in [0.5, 0.6) is 0 Å². The number of aromatic nitrogens is 1. The average Bonchev–Trinajstić information content (AvgIpc) is 3.10. The Labute approximate surface area is 137 Å². The number of hydrogen-bond acceptors (Lipinski definition) is 3. The highest BCUT2D eigenvalue weighted by Crippen LogP contribution is 2.23. The molecule has 0 saturated heterocycles. The van der Waals surface area contributed by atoms with Gasteiger partial charge in [0, 0.05) is 29.2 Å². The van der Waals surface area contributed by atoms with Crippen molar-refractivity contribution in [2.24, 2.45) is 0 Å². The van der Waals surface area contributed by atoms with E-state index in [1.165, 1.54) is 6.07 Å². The number of halogens is 1. The highest BCUT2D eigenvalue weighted by atomic mass is 32.1. The standard InChI is InChI=1S/C18H15FN2OS/c1-12-4-5-13(9-16(12)19)18(22)21-10-14-3-2-7-20-17(14)15-6-8-23-11-15/h2-9,11H,10H2,1H3,(H,21,22). The molecular weight excluding hydrogens is 311 g/mol. The van der Waals surface area contributed by atoms with Crippen LogP contribution in [0.25, 0.3) is 11.3 Å². The molecule has 3 nitrogen and oxygen atoms in total. The van der Waals surface area contributed by atoms with E-state index in [-0.39, 0.29) is 11.7 Å². The second kappa shape index (κ2) is 6.71. The smallest absolute Gasteiger partial charge is 0.251 e. The summed E-state index contributed by atoms with van der Waals surface area (Å²) in [5, 5.41) is 6.83. The first-order chi connectivity index (χ1) is 11.1. The number of pyridine rings is 1. The maximum absolute atomic E-state index is 13.6. The lowest BCUT2D eigenvalue weighted by Gasteiger charge is -2.09. The van der Waals surface area contributed by atoms with E-state index in [0.29, 0.717) is 17.7 Å². The molecule has 1 N–H and O–H groups in total. The number of carbonyl (C=O) groups excluding carboxylic acids is 1. The van der Waals surface area contributed by atoms with Crippen molar-refractivity contribution in [1.29, 1.82) is 0 Å². The van der Waals surface area contributed by atoms with Crippen molar-refractivity contribution >= 4 is 17.2 Å². The molecule has 0 aliphatic carbocycles. The monoisotopic (exact) mass is 326 g/mol. The molecule has 0 radical (unpaired) electrons. The van der Waals surface area contributed by atoms with Gasteiger partial charge in [0.25, 0.3) is 5.91 Å². The number of hydrogen-bond donors (Lipinski definition) is 1. The van der Waals surface area contributed by atoms with Crippen LogP contribution in [0.15, 0.2) is 53.4 Å². The van der Waals surface area contributed by atoms with Crippen LogP contribution in [0.4, 0.5) is 4.39 Å². The molecule has 0 bridgehead atoms. The lowest BCUT2D eigenvalue weighted by molar-refractivity contribution is 0.0950. The third-order valence-corrected chi connectivity index (χ3v) is 4.24. The summed E-state index contributed by atoms with van der Waals surface area (Å²) in [7, 11) is 0. The lowest BCUT2D eigenvalue weighted by Crippen LogP contribution is -2.23. The molecular formula is C18H15FN2OS. The Morgan fingerprint density at radius 1 is 1.30 bits per heavy atom. The lowest BCUT2D eigenvalue weighted by atomic mass is 10.1. The van der Waals surface area contributed by atoms with Crippen molar-refractivity contribution in [3.05, 3.63) is 75.9 Å². The molecule has 0 saturated carbocycles. The van der Waals surface area contributed by atoms with Crippen LogP contribution in [-0.2, 0) is 6.54 Å². The van der Waals surface area contributed by atoms with Gasteiger partial charge in [-0.3, -0.25) is 9.78 Å². The van der Waals surface area contributed by atoms with Crippen LogP contribution in [0.3, 0.4) is 0 Å². The van der Waals surface area contributed by atoms with Gasteiger partial charge in [0.1, 0.15) is 5.82 Å². The SMILES string of the molecule is Cc1ccc(C(=O)NCc2cccnc2-c2ccsc2)cc1F. The molecule has 116 valence electrons. The summed E-state index contributed by atoms with van der Waals surface area (Å²) in [6.45, 7) is 2.01. The number of amides is 1. The average molecular weight is 326 g/mol. The van der Waals surface area contributed by atoms with E-state index in [1.807, 2.05) is 29.0 Å². The second-order valence-corrected chi connectivity index (χ2v) is 5.95. The first kappa shape index (κ1) is 15.4. The van der Waals surface area contributed by atoms with Gasteiger partial charge in [-0.1, -0.05) is 12.1 Å². The fourth-order valence-electron chi connectivity index (χ4n) is 2.25. The van der Waals surface area contributed by atoms with Gasteiger partial charge in [0.15, 0.2) is 0 Å². The van der Waals surface area contributed by atoms with Crippen LogP contribution in [-0.4, -0.2) is 10.9 Å². The molecule has 0 aliphatic heterocycles. The van der Waals surface area contributed by atoms with Crippen LogP contribution in [0.1, 0.15) is 21.5 Å². The molecule has 0 unspecified atom stereocenters. The van der Waals surface area contributed by atoms with Crippen LogP contribution >= 0.6 is 11.3 Å². The third-order valence-electron chi connectivity index (χ3n) is 3.56. The van der Waals surface area contributed by atoms with Gasteiger partial charge >= 0.3 is 0 Å². The minimum absolute atomic E-state index is 0.302. The van der Waals surface area contributed by atoms with E-state index in [0.717, 1.165) is 16.8 Å². The summed E-state index contributed by atoms with van der Waals surface area (Å²) in [6, 6.07) is 10.2. The summed E-state index contributed by atoms with van der Waals surface area (Å²) in [5.74, 6) is -0.679.